The molecule has 5 heteroatoms. The first kappa shape index (κ1) is 12.0. The van der Waals surface area contributed by atoms with Crippen LogP contribution in [0, 0.1) is 0 Å². The van der Waals surface area contributed by atoms with Crippen molar-refractivity contribution in [2.45, 2.75) is 0 Å². The van der Waals surface area contributed by atoms with Crippen LogP contribution in [0.25, 0.3) is 11.1 Å². The van der Waals surface area contributed by atoms with Crippen LogP contribution in [0.3, 0.4) is 0 Å². The number of aromatic nitrogens is 2. The third kappa shape index (κ3) is 2.15. The molecular formula is C13H12N2O3. The fraction of sp³-hybridized carbons (Fsp3) is 0.154. The molecule has 1 heterocycles. The summed E-state index contributed by atoms with van der Waals surface area (Å²) in [4.78, 5) is 19.1. The highest BCUT2D eigenvalue weighted by Gasteiger charge is 2.12. The summed E-state index contributed by atoms with van der Waals surface area (Å²) < 4.78 is 10.1. The Balaban J connectivity index is 2.57. The normalized spacial score (nSPS) is 9.89. The molecule has 0 aliphatic carbocycles. The topological polar surface area (TPSA) is 61.3 Å². The van der Waals surface area contributed by atoms with E-state index in [0.29, 0.717) is 22.4 Å². The standard InChI is InChI=1S/C13H12N2O3/c1-17-11-5-3-4-9(8-16)12(11)10-6-14-13(18-2)15-7-10/h3-8H,1-2H3. The Morgan fingerprint density at radius 2 is 1.83 bits per heavy atom. The van der Waals surface area contributed by atoms with E-state index in [1.54, 1.807) is 37.7 Å². The van der Waals surface area contributed by atoms with E-state index in [-0.39, 0.29) is 6.01 Å². The zero-order valence-electron chi connectivity index (χ0n) is 10.1. The molecule has 0 radical (unpaired) electrons. The van der Waals surface area contributed by atoms with Gasteiger partial charge in [-0.25, -0.2) is 9.97 Å². The van der Waals surface area contributed by atoms with Gasteiger partial charge in [-0.1, -0.05) is 12.1 Å². The zero-order valence-corrected chi connectivity index (χ0v) is 10.1. The van der Waals surface area contributed by atoms with E-state index in [0.717, 1.165) is 6.29 Å². The zero-order chi connectivity index (χ0) is 13.0. The van der Waals surface area contributed by atoms with Crippen molar-refractivity contribution in [3.05, 3.63) is 36.2 Å². The molecule has 0 spiro atoms. The average molecular weight is 244 g/mol. The highest BCUT2D eigenvalue weighted by molar-refractivity contribution is 5.90. The minimum atomic E-state index is 0.279. The van der Waals surface area contributed by atoms with E-state index in [1.165, 1.54) is 7.11 Å². The first-order chi connectivity index (χ1) is 8.80. The van der Waals surface area contributed by atoms with E-state index in [9.17, 15) is 4.79 Å². The Morgan fingerprint density at radius 3 is 2.39 bits per heavy atom. The van der Waals surface area contributed by atoms with Gasteiger partial charge in [0.25, 0.3) is 0 Å². The van der Waals surface area contributed by atoms with Crippen molar-refractivity contribution < 1.29 is 14.3 Å². The maximum atomic E-state index is 11.1. The van der Waals surface area contributed by atoms with Gasteiger partial charge in [0, 0.05) is 29.1 Å². The molecule has 0 saturated heterocycles. The molecular weight excluding hydrogens is 232 g/mol. The van der Waals surface area contributed by atoms with Crippen LogP contribution in [0.1, 0.15) is 10.4 Å². The maximum Gasteiger partial charge on any atom is 0.316 e. The molecule has 18 heavy (non-hydrogen) atoms. The lowest BCUT2D eigenvalue weighted by atomic mass is 10.0. The third-order valence-electron chi connectivity index (χ3n) is 2.50. The molecule has 0 aliphatic rings. The number of benzene rings is 1. The van der Waals surface area contributed by atoms with Crippen molar-refractivity contribution in [3.63, 3.8) is 0 Å². The first-order valence-corrected chi connectivity index (χ1v) is 5.28. The molecule has 92 valence electrons. The van der Waals surface area contributed by atoms with E-state index >= 15 is 0 Å². The number of hydrogen-bond donors (Lipinski definition) is 0. The number of ether oxygens (including phenoxy) is 2. The number of carbonyl (C=O) groups excluding carboxylic acids is 1. The highest BCUT2D eigenvalue weighted by atomic mass is 16.5. The molecule has 5 nitrogen and oxygen atoms in total. The summed E-state index contributed by atoms with van der Waals surface area (Å²) in [6.45, 7) is 0. The van der Waals surface area contributed by atoms with Crippen LogP contribution in [0.5, 0.6) is 11.8 Å². The minimum absolute atomic E-state index is 0.279. The molecule has 0 N–H and O–H groups in total. The van der Waals surface area contributed by atoms with Gasteiger partial charge in [-0.05, 0) is 6.07 Å². The van der Waals surface area contributed by atoms with Crippen LogP contribution < -0.4 is 9.47 Å². The van der Waals surface area contributed by atoms with Gasteiger partial charge >= 0.3 is 6.01 Å². The molecule has 1 aromatic heterocycles. The molecule has 0 atom stereocenters. The Kier molecular flexibility index (Phi) is 3.52. The number of aldehydes is 1. The fourth-order valence-electron chi connectivity index (χ4n) is 1.68. The number of hydrogen-bond acceptors (Lipinski definition) is 5. The maximum absolute atomic E-state index is 11.1. The van der Waals surface area contributed by atoms with Gasteiger partial charge < -0.3 is 9.47 Å². The lowest BCUT2D eigenvalue weighted by Crippen LogP contribution is -1.96. The lowest BCUT2D eigenvalue weighted by molar-refractivity contribution is 0.112. The Bertz CT molecular complexity index is 553. The molecule has 0 amide bonds. The highest BCUT2D eigenvalue weighted by Crippen LogP contribution is 2.32. The summed E-state index contributed by atoms with van der Waals surface area (Å²) in [6, 6.07) is 5.54. The van der Waals surface area contributed by atoms with Crippen molar-refractivity contribution in [3.8, 4) is 22.9 Å². The Hall–Kier alpha value is -2.43. The predicted molar refractivity (Wildman–Crippen MR) is 66.0 cm³/mol. The summed E-state index contributed by atoms with van der Waals surface area (Å²) in [7, 11) is 3.05. The van der Waals surface area contributed by atoms with Crippen molar-refractivity contribution in [1.29, 1.82) is 0 Å². The first-order valence-electron chi connectivity index (χ1n) is 5.28. The number of carbonyl (C=O) groups is 1. The van der Waals surface area contributed by atoms with Gasteiger partial charge in [-0.2, -0.15) is 0 Å². The van der Waals surface area contributed by atoms with Gasteiger partial charge in [0.1, 0.15) is 5.75 Å². The number of nitrogens with zero attached hydrogens (tertiary/aromatic N) is 2. The molecule has 0 saturated carbocycles. The van der Waals surface area contributed by atoms with Crippen molar-refractivity contribution >= 4 is 6.29 Å². The molecule has 0 bridgehead atoms. The molecule has 2 aromatic rings. The monoisotopic (exact) mass is 244 g/mol. The van der Waals surface area contributed by atoms with Gasteiger partial charge in [0.15, 0.2) is 6.29 Å². The van der Waals surface area contributed by atoms with Crippen LogP contribution in [-0.4, -0.2) is 30.5 Å². The second kappa shape index (κ2) is 5.27. The van der Waals surface area contributed by atoms with Crippen LogP contribution in [0.4, 0.5) is 0 Å². The van der Waals surface area contributed by atoms with E-state index in [4.69, 9.17) is 9.47 Å². The number of methoxy groups -OCH3 is 2. The quantitative estimate of drug-likeness (QED) is 0.769. The van der Waals surface area contributed by atoms with E-state index in [1.807, 2.05) is 0 Å². The summed E-state index contributed by atoms with van der Waals surface area (Å²) in [5.74, 6) is 0.605. The third-order valence-corrected chi connectivity index (χ3v) is 2.50. The summed E-state index contributed by atoms with van der Waals surface area (Å²) >= 11 is 0. The summed E-state index contributed by atoms with van der Waals surface area (Å²) in [6.07, 6.45) is 3.97. The molecule has 2 rings (SSSR count). The van der Waals surface area contributed by atoms with E-state index in [2.05, 4.69) is 9.97 Å². The van der Waals surface area contributed by atoms with E-state index < -0.39 is 0 Å². The van der Waals surface area contributed by atoms with Gasteiger partial charge in [-0.15, -0.1) is 0 Å². The summed E-state index contributed by atoms with van der Waals surface area (Å²) in [5, 5.41) is 0. The smallest absolute Gasteiger partial charge is 0.316 e. The van der Waals surface area contributed by atoms with Gasteiger partial charge in [0.2, 0.25) is 0 Å². The number of rotatable bonds is 4. The molecule has 0 unspecified atom stereocenters. The Labute approximate surface area is 104 Å². The van der Waals surface area contributed by atoms with Crippen LogP contribution in [0.2, 0.25) is 0 Å². The van der Waals surface area contributed by atoms with Crippen molar-refractivity contribution in [2.75, 3.05) is 14.2 Å². The van der Waals surface area contributed by atoms with Crippen molar-refractivity contribution in [2.24, 2.45) is 0 Å². The fourth-order valence-corrected chi connectivity index (χ4v) is 1.68. The Morgan fingerprint density at radius 1 is 1.11 bits per heavy atom. The second-order valence-electron chi connectivity index (χ2n) is 3.50. The second-order valence-corrected chi connectivity index (χ2v) is 3.50. The molecule has 1 aromatic carbocycles. The predicted octanol–water partition coefficient (Wildman–Crippen LogP) is 1.97. The average Bonchev–Trinajstić information content (AvgIpc) is 2.46. The summed E-state index contributed by atoms with van der Waals surface area (Å²) in [5.41, 5.74) is 1.91. The minimum Gasteiger partial charge on any atom is -0.496 e. The van der Waals surface area contributed by atoms with Crippen LogP contribution >= 0.6 is 0 Å². The SMILES string of the molecule is COc1ncc(-c2c(C=O)cccc2OC)cn1. The van der Waals surface area contributed by atoms with Crippen molar-refractivity contribution in [1.82, 2.24) is 9.97 Å². The van der Waals surface area contributed by atoms with Crippen LogP contribution in [-0.2, 0) is 0 Å². The lowest BCUT2D eigenvalue weighted by Gasteiger charge is -2.10. The largest absolute Gasteiger partial charge is 0.496 e. The molecule has 0 aliphatic heterocycles. The van der Waals surface area contributed by atoms with Gasteiger partial charge in [-0.3, -0.25) is 4.79 Å². The molecule has 0 fully saturated rings. The van der Waals surface area contributed by atoms with Gasteiger partial charge in [0.05, 0.1) is 14.2 Å². The van der Waals surface area contributed by atoms with Crippen LogP contribution in [0.15, 0.2) is 30.6 Å².